The second-order valence-electron chi connectivity index (χ2n) is 8.24. The van der Waals surface area contributed by atoms with Crippen LogP contribution in [0.5, 0.6) is 5.75 Å². The molecule has 2 aliphatic rings. The Bertz CT molecular complexity index is 780. The first-order chi connectivity index (χ1) is 13.3. The Kier molecular flexibility index (Phi) is 6.99. The molecule has 0 aromatic heterocycles. The monoisotopic (exact) mass is 408 g/mol. The molecule has 1 heterocycles. The van der Waals surface area contributed by atoms with Crippen molar-refractivity contribution in [3.8, 4) is 5.75 Å². The average Bonchev–Trinajstić information content (AvgIpc) is 2.67. The summed E-state index contributed by atoms with van der Waals surface area (Å²) in [4.78, 5) is 14.4. The van der Waals surface area contributed by atoms with Crippen LogP contribution in [-0.2, 0) is 14.8 Å². The summed E-state index contributed by atoms with van der Waals surface area (Å²) in [6.07, 6.45) is 7.19. The predicted molar refractivity (Wildman–Crippen MR) is 109 cm³/mol. The van der Waals surface area contributed by atoms with Crippen molar-refractivity contribution < 1.29 is 17.9 Å². The normalized spacial score (nSPS) is 19.6. The maximum Gasteiger partial charge on any atom is 0.260 e. The quantitative estimate of drug-likeness (QED) is 0.784. The minimum atomic E-state index is -3.53. The minimum absolute atomic E-state index is 0.0121. The highest BCUT2D eigenvalue weighted by molar-refractivity contribution is 7.89. The van der Waals surface area contributed by atoms with E-state index in [9.17, 15) is 13.2 Å². The van der Waals surface area contributed by atoms with Gasteiger partial charge in [-0.05, 0) is 62.3 Å². The number of sulfonamides is 1. The van der Waals surface area contributed by atoms with Crippen LogP contribution in [0.4, 0.5) is 0 Å². The molecule has 7 heteroatoms. The molecule has 1 N–H and O–H groups in total. The van der Waals surface area contributed by atoms with Gasteiger partial charge < -0.3 is 9.64 Å². The van der Waals surface area contributed by atoms with Gasteiger partial charge in [-0.3, -0.25) is 4.79 Å². The van der Waals surface area contributed by atoms with Gasteiger partial charge in [-0.1, -0.05) is 26.2 Å². The molecule has 1 aromatic rings. The molecule has 1 saturated heterocycles. The van der Waals surface area contributed by atoms with Crippen molar-refractivity contribution in [1.82, 2.24) is 9.62 Å². The highest BCUT2D eigenvalue weighted by Crippen LogP contribution is 2.24. The van der Waals surface area contributed by atoms with E-state index in [1.165, 1.54) is 6.42 Å². The summed E-state index contributed by atoms with van der Waals surface area (Å²) < 4.78 is 33.8. The van der Waals surface area contributed by atoms with Crippen molar-refractivity contribution in [3.05, 3.63) is 23.8 Å². The second kappa shape index (κ2) is 9.27. The van der Waals surface area contributed by atoms with Gasteiger partial charge in [0.15, 0.2) is 6.61 Å². The number of amides is 1. The third-order valence-corrected chi connectivity index (χ3v) is 7.39. The van der Waals surface area contributed by atoms with Crippen LogP contribution < -0.4 is 9.46 Å². The summed E-state index contributed by atoms with van der Waals surface area (Å²) >= 11 is 0. The van der Waals surface area contributed by atoms with Crippen LogP contribution in [0.1, 0.15) is 57.4 Å². The molecular weight excluding hydrogens is 376 g/mol. The summed E-state index contributed by atoms with van der Waals surface area (Å²) in [5, 5.41) is 0. The van der Waals surface area contributed by atoms with Gasteiger partial charge in [-0.25, -0.2) is 13.1 Å². The number of nitrogens with zero attached hydrogens (tertiary/aromatic N) is 1. The average molecular weight is 409 g/mol. The Labute approximate surface area is 168 Å². The van der Waals surface area contributed by atoms with E-state index in [1.54, 1.807) is 18.2 Å². The third-order valence-electron chi connectivity index (χ3n) is 5.87. The zero-order chi connectivity index (χ0) is 20.1. The van der Waals surface area contributed by atoms with E-state index in [2.05, 4.69) is 11.6 Å². The summed E-state index contributed by atoms with van der Waals surface area (Å²) in [7, 11) is -3.53. The number of hydrogen-bond donors (Lipinski definition) is 1. The number of carbonyl (C=O) groups is 1. The summed E-state index contributed by atoms with van der Waals surface area (Å²) in [6.45, 7) is 5.57. The van der Waals surface area contributed by atoms with E-state index in [4.69, 9.17) is 4.74 Å². The third kappa shape index (κ3) is 5.47. The van der Waals surface area contributed by atoms with Gasteiger partial charge in [0, 0.05) is 19.1 Å². The lowest BCUT2D eigenvalue weighted by Gasteiger charge is -2.30. The van der Waals surface area contributed by atoms with Gasteiger partial charge >= 0.3 is 0 Å². The first-order valence-electron chi connectivity index (χ1n) is 10.4. The fourth-order valence-corrected chi connectivity index (χ4v) is 5.34. The van der Waals surface area contributed by atoms with E-state index in [-0.39, 0.29) is 23.5 Å². The number of hydrogen-bond acceptors (Lipinski definition) is 4. The number of aryl methyl sites for hydroxylation is 1. The highest BCUT2D eigenvalue weighted by atomic mass is 32.2. The number of benzene rings is 1. The molecule has 2 fully saturated rings. The number of ether oxygens (including phenoxy) is 1. The van der Waals surface area contributed by atoms with Gasteiger partial charge in [-0.15, -0.1) is 0 Å². The zero-order valence-electron chi connectivity index (χ0n) is 16.9. The van der Waals surface area contributed by atoms with Crippen molar-refractivity contribution in [2.24, 2.45) is 5.92 Å². The largest absolute Gasteiger partial charge is 0.483 e. The lowest BCUT2D eigenvalue weighted by molar-refractivity contribution is -0.134. The summed E-state index contributed by atoms with van der Waals surface area (Å²) in [6, 6.07) is 4.85. The highest BCUT2D eigenvalue weighted by Gasteiger charge is 2.23. The van der Waals surface area contributed by atoms with Crippen LogP contribution in [0.3, 0.4) is 0 Å². The van der Waals surface area contributed by atoms with Gasteiger partial charge in [0.25, 0.3) is 5.91 Å². The van der Waals surface area contributed by atoms with Gasteiger partial charge in [0.1, 0.15) is 5.75 Å². The standard InChI is InChI=1S/C21H32N2O4S/c1-16-10-12-23(13-11-16)21(24)15-27-20-9-8-19(14-17(20)2)28(25,26)22-18-6-4-3-5-7-18/h8-9,14,16,18,22H,3-7,10-13,15H2,1-2H3. The van der Waals surface area contributed by atoms with Gasteiger partial charge in [0.05, 0.1) is 4.90 Å². The van der Waals surface area contributed by atoms with Crippen molar-refractivity contribution in [2.45, 2.75) is 69.7 Å². The molecule has 156 valence electrons. The SMILES string of the molecule is Cc1cc(S(=O)(=O)NC2CCCCC2)ccc1OCC(=O)N1CCC(C)CC1. The Morgan fingerprint density at radius 3 is 2.46 bits per heavy atom. The van der Waals surface area contributed by atoms with Crippen LogP contribution >= 0.6 is 0 Å². The van der Waals surface area contributed by atoms with Crippen molar-refractivity contribution in [1.29, 1.82) is 0 Å². The topological polar surface area (TPSA) is 75.7 Å². The second-order valence-corrected chi connectivity index (χ2v) is 9.95. The molecular formula is C21H32N2O4S. The Balaban J connectivity index is 1.58. The number of carbonyl (C=O) groups excluding carboxylic acids is 1. The van der Waals surface area contributed by atoms with Crippen LogP contribution in [-0.4, -0.2) is 45.0 Å². The number of nitrogens with one attached hydrogen (secondary N) is 1. The van der Waals surface area contributed by atoms with Crippen molar-refractivity contribution >= 4 is 15.9 Å². The van der Waals surface area contributed by atoms with Crippen LogP contribution in [0.25, 0.3) is 0 Å². The number of piperidine rings is 1. The molecule has 28 heavy (non-hydrogen) atoms. The Hall–Kier alpha value is -1.60. The fraction of sp³-hybridized carbons (Fsp3) is 0.667. The van der Waals surface area contributed by atoms with Gasteiger partial charge in [-0.2, -0.15) is 0 Å². The van der Waals surface area contributed by atoms with E-state index >= 15 is 0 Å². The molecule has 1 aromatic carbocycles. The smallest absolute Gasteiger partial charge is 0.260 e. The van der Waals surface area contributed by atoms with Crippen molar-refractivity contribution in [2.75, 3.05) is 19.7 Å². The molecule has 1 saturated carbocycles. The van der Waals surface area contributed by atoms with Crippen molar-refractivity contribution in [3.63, 3.8) is 0 Å². The first kappa shape index (κ1) is 21.1. The molecule has 0 spiro atoms. The molecule has 0 unspecified atom stereocenters. The minimum Gasteiger partial charge on any atom is -0.483 e. The van der Waals surface area contributed by atoms with Crippen LogP contribution in [0.2, 0.25) is 0 Å². The zero-order valence-corrected chi connectivity index (χ0v) is 17.8. The van der Waals surface area contributed by atoms with Crippen LogP contribution in [0.15, 0.2) is 23.1 Å². The first-order valence-corrected chi connectivity index (χ1v) is 11.9. The predicted octanol–water partition coefficient (Wildman–Crippen LogP) is 3.24. The van der Waals surface area contributed by atoms with E-state index in [0.717, 1.165) is 51.6 Å². The Morgan fingerprint density at radius 2 is 1.82 bits per heavy atom. The fourth-order valence-electron chi connectivity index (χ4n) is 3.95. The van der Waals surface area contributed by atoms with E-state index in [1.807, 2.05) is 11.8 Å². The molecule has 0 atom stereocenters. The maximum absolute atomic E-state index is 12.7. The molecule has 0 radical (unpaired) electrons. The molecule has 0 bridgehead atoms. The number of likely N-dealkylation sites (tertiary alicyclic amines) is 1. The molecule has 6 nitrogen and oxygen atoms in total. The number of rotatable bonds is 6. The lowest BCUT2D eigenvalue weighted by Crippen LogP contribution is -2.40. The molecule has 1 aliphatic heterocycles. The summed E-state index contributed by atoms with van der Waals surface area (Å²) in [5.41, 5.74) is 0.714. The molecule has 3 rings (SSSR count). The van der Waals surface area contributed by atoms with E-state index < -0.39 is 10.0 Å². The Morgan fingerprint density at radius 1 is 1.14 bits per heavy atom. The molecule has 1 amide bonds. The van der Waals surface area contributed by atoms with Gasteiger partial charge in [0.2, 0.25) is 10.0 Å². The summed E-state index contributed by atoms with van der Waals surface area (Å²) in [5.74, 6) is 1.21. The lowest BCUT2D eigenvalue weighted by atomic mass is 9.96. The van der Waals surface area contributed by atoms with E-state index in [0.29, 0.717) is 17.2 Å². The molecule has 1 aliphatic carbocycles. The maximum atomic E-state index is 12.7. The van der Waals surface area contributed by atoms with Crippen LogP contribution in [0, 0.1) is 12.8 Å².